The highest BCUT2D eigenvalue weighted by atomic mass is 35.5. The molecule has 168 valence electrons. The molecule has 1 amide bonds. The minimum atomic E-state index is -0.568. The summed E-state index contributed by atoms with van der Waals surface area (Å²) in [6, 6.07) is 20.0. The molecule has 33 heavy (non-hydrogen) atoms. The standard InChI is InChI=1S/C24H19ClN2O6/c25-20-7-4-8-21(27(30)31)23(20)33-19-11-9-16(10-12-19)15-32-24(29)17-13-22(28)26(14-17)18-5-2-1-3-6-18/h1-12,17H,13-15H2. The van der Waals surface area contributed by atoms with Crippen LogP contribution < -0.4 is 9.64 Å². The van der Waals surface area contributed by atoms with Gasteiger partial charge in [0.1, 0.15) is 12.4 Å². The first-order valence-electron chi connectivity index (χ1n) is 10.1. The van der Waals surface area contributed by atoms with Crippen LogP contribution in [0.15, 0.2) is 72.8 Å². The summed E-state index contributed by atoms with van der Waals surface area (Å²) in [5.41, 5.74) is 1.22. The van der Waals surface area contributed by atoms with Crippen LogP contribution in [0.5, 0.6) is 11.5 Å². The van der Waals surface area contributed by atoms with Gasteiger partial charge in [0.2, 0.25) is 11.7 Å². The molecule has 0 aliphatic carbocycles. The van der Waals surface area contributed by atoms with Crippen LogP contribution in [0.2, 0.25) is 5.02 Å². The molecule has 3 aromatic carbocycles. The van der Waals surface area contributed by atoms with Gasteiger partial charge in [-0.15, -0.1) is 0 Å². The molecule has 8 nitrogen and oxygen atoms in total. The van der Waals surface area contributed by atoms with E-state index in [0.29, 0.717) is 11.3 Å². The van der Waals surface area contributed by atoms with Gasteiger partial charge in [-0.05, 0) is 35.9 Å². The number of rotatable bonds is 7. The molecule has 0 bridgehead atoms. The highest BCUT2D eigenvalue weighted by Crippen LogP contribution is 2.37. The van der Waals surface area contributed by atoms with Gasteiger partial charge in [0.25, 0.3) is 0 Å². The van der Waals surface area contributed by atoms with E-state index < -0.39 is 16.8 Å². The first-order valence-corrected chi connectivity index (χ1v) is 10.5. The summed E-state index contributed by atoms with van der Waals surface area (Å²) in [6.45, 7) is 0.312. The lowest BCUT2D eigenvalue weighted by Gasteiger charge is -2.16. The Kier molecular flexibility index (Phi) is 6.55. The summed E-state index contributed by atoms with van der Waals surface area (Å²) < 4.78 is 11.0. The third kappa shape index (κ3) is 5.12. The molecule has 0 saturated carbocycles. The second-order valence-corrected chi connectivity index (χ2v) is 7.85. The number of carbonyl (C=O) groups is 2. The molecule has 1 saturated heterocycles. The number of benzene rings is 3. The van der Waals surface area contributed by atoms with Gasteiger partial charge in [0, 0.05) is 24.7 Å². The predicted octanol–water partition coefficient (Wildman–Crippen LogP) is 5.14. The first-order chi connectivity index (χ1) is 15.9. The first kappa shape index (κ1) is 22.3. The van der Waals surface area contributed by atoms with Gasteiger partial charge in [0.05, 0.1) is 15.9 Å². The lowest BCUT2D eigenvalue weighted by atomic mass is 10.1. The lowest BCUT2D eigenvalue weighted by molar-refractivity contribution is -0.385. The number of carbonyl (C=O) groups excluding carboxylic acids is 2. The number of nitro groups is 1. The Balaban J connectivity index is 1.34. The molecule has 4 rings (SSSR count). The number of hydrogen-bond acceptors (Lipinski definition) is 6. The molecule has 9 heteroatoms. The third-order valence-corrected chi connectivity index (χ3v) is 5.49. The van der Waals surface area contributed by atoms with Gasteiger partial charge >= 0.3 is 11.7 Å². The summed E-state index contributed by atoms with van der Waals surface area (Å²) >= 11 is 6.05. The van der Waals surface area contributed by atoms with Crippen LogP contribution in [0.1, 0.15) is 12.0 Å². The van der Waals surface area contributed by atoms with Crippen molar-refractivity contribution in [1.82, 2.24) is 0 Å². The lowest BCUT2D eigenvalue weighted by Crippen LogP contribution is -2.26. The largest absolute Gasteiger partial charge is 0.461 e. The predicted molar refractivity (Wildman–Crippen MR) is 121 cm³/mol. The highest BCUT2D eigenvalue weighted by molar-refractivity contribution is 6.32. The van der Waals surface area contributed by atoms with Crippen LogP contribution in [-0.4, -0.2) is 23.3 Å². The van der Waals surface area contributed by atoms with Crippen molar-refractivity contribution in [3.8, 4) is 11.5 Å². The van der Waals surface area contributed by atoms with Crippen molar-refractivity contribution in [3.05, 3.63) is 93.5 Å². The molecule has 1 fully saturated rings. The second kappa shape index (κ2) is 9.70. The number of hydrogen-bond donors (Lipinski definition) is 0. The van der Waals surface area contributed by atoms with Crippen LogP contribution in [0.25, 0.3) is 0 Å². The summed E-state index contributed by atoms with van der Waals surface area (Å²) in [7, 11) is 0. The van der Waals surface area contributed by atoms with Crippen molar-refractivity contribution in [2.24, 2.45) is 5.92 Å². The number of anilines is 1. The third-order valence-electron chi connectivity index (χ3n) is 5.19. The zero-order valence-corrected chi connectivity index (χ0v) is 18.1. The molecule has 1 aliphatic rings. The summed E-state index contributed by atoms with van der Waals surface area (Å²) in [5, 5.41) is 11.3. The van der Waals surface area contributed by atoms with E-state index in [2.05, 4.69) is 0 Å². The molecule has 0 radical (unpaired) electrons. The van der Waals surface area contributed by atoms with Crippen molar-refractivity contribution < 1.29 is 24.0 Å². The zero-order valence-electron chi connectivity index (χ0n) is 17.3. The average Bonchev–Trinajstić information content (AvgIpc) is 3.22. The fourth-order valence-electron chi connectivity index (χ4n) is 3.51. The van der Waals surface area contributed by atoms with Crippen molar-refractivity contribution >= 4 is 34.9 Å². The summed E-state index contributed by atoms with van der Waals surface area (Å²) in [4.78, 5) is 37.0. The Bertz CT molecular complexity index is 1180. The fraction of sp³-hybridized carbons (Fsp3) is 0.167. The van der Waals surface area contributed by atoms with Gasteiger partial charge in [-0.2, -0.15) is 0 Å². The van der Waals surface area contributed by atoms with Crippen molar-refractivity contribution in [3.63, 3.8) is 0 Å². The molecule has 3 aromatic rings. The highest BCUT2D eigenvalue weighted by Gasteiger charge is 2.36. The zero-order chi connectivity index (χ0) is 23.4. The van der Waals surface area contributed by atoms with Crippen molar-refractivity contribution in [2.45, 2.75) is 13.0 Å². The van der Waals surface area contributed by atoms with Gasteiger partial charge < -0.3 is 14.4 Å². The molecular weight excluding hydrogens is 448 g/mol. The molecule has 0 aromatic heterocycles. The molecule has 1 unspecified atom stereocenters. The number of nitrogens with zero attached hydrogens (tertiary/aromatic N) is 2. The number of ether oxygens (including phenoxy) is 2. The monoisotopic (exact) mass is 466 g/mol. The molecule has 1 heterocycles. The fourth-order valence-corrected chi connectivity index (χ4v) is 3.72. The van der Waals surface area contributed by atoms with E-state index in [-0.39, 0.29) is 41.9 Å². The maximum Gasteiger partial charge on any atom is 0.313 e. The van der Waals surface area contributed by atoms with Crippen LogP contribution in [0, 0.1) is 16.0 Å². The van der Waals surface area contributed by atoms with E-state index in [1.54, 1.807) is 29.2 Å². The number of nitro benzene ring substituents is 1. The average molecular weight is 467 g/mol. The van der Waals surface area contributed by atoms with Crippen LogP contribution in [0.4, 0.5) is 11.4 Å². The van der Waals surface area contributed by atoms with Gasteiger partial charge in [0.15, 0.2) is 0 Å². The molecule has 0 N–H and O–H groups in total. The minimum absolute atomic E-state index is 0.0291. The maximum absolute atomic E-state index is 12.5. The number of amides is 1. The van der Waals surface area contributed by atoms with Gasteiger partial charge in [-0.25, -0.2) is 0 Å². The Morgan fingerprint density at radius 2 is 1.79 bits per heavy atom. The molecule has 1 aliphatic heterocycles. The number of halogens is 1. The smallest absolute Gasteiger partial charge is 0.313 e. The number of esters is 1. The van der Waals surface area contributed by atoms with E-state index in [1.165, 1.54) is 18.2 Å². The normalized spacial score (nSPS) is 15.4. The molecule has 0 spiro atoms. The molecular formula is C24H19ClN2O6. The van der Waals surface area contributed by atoms with Crippen LogP contribution >= 0.6 is 11.6 Å². The van der Waals surface area contributed by atoms with Crippen LogP contribution in [-0.2, 0) is 20.9 Å². The SMILES string of the molecule is O=C(OCc1ccc(Oc2c(Cl)cccc2[N+](=O)[O-])cc1)C1CC(=O)N(c2ccccc2)C1. The van der Waals surface area contributed by atoms with Crippen LogP contribution in [0.3, 0.4) is 0 Å². The molecule has 1 atom stereocenters. The maximum atomic E-state index is 12.5. The van der Waals surface area contributed by atoms with E-state index in [4.69, 9.17) is 21.1 Å². The van der Waals surface area contributed by atoms with Crippen molar-refractivity contribution in [2.75, 3.05) is 11.4 Å². The topological polar surface area (TPSA) is 99.0 Å². The van der Waals surface area contributed by atoms with E-state index in [1.807, 2.05) is 30.3 Å². The van der Waals surface area contributed by atoms with Gasteiger partial charge in [-0.1, -0.05) is 48.0 Å². The Labute approximate surface area is 194 Å². The summed E-state index contributed by atoms with van der Waals surface area (Å²) in [5.74, 6) is -0.772. The summed E-state index contributed by atoms with van der Waals surface area (Å²) in [6.07, 6.45) is 0.108. The van der Waals surface area contributed by atoms with Crippen molar-refractivity contribution in [1.29, 1.82) is 0 Å². The minimum Gasteiger partial charge on any atom is -0.461 e. The van der Waals surface area contributed by atoms with Gasteiger partial charge in [-0.3, -0.25) is 19.7 Å². The van der Waals surface area contributed by atoms with E-state index in [9.17, 15) is 19.7 Å². The Morgan fingerprint density at radius 1 is 1.06 bits per heavy atom. The quantitative estimate of drug-likeness (QED) is 0.271. The van der Waals surface area contributed by atoms with E-state index in [0.717, 1.165) is 5.69 Å². The number of para-hydroxylation sites is 2. The second-order valence-electron chi connectivity index (χ2n) is 7.44. The Morgan fingerprint density at radius 3 is 2.48 bits per heavy atom. The van der Waals surface area contributed by atoms with E-state index >= 15 is 0 Å². The Hall–Kier alpha value is -3.91.